The lowest BCUT2D eigenvalue weighted by molar-refractivity contribution is 0.319. The maximum absolute atomic E-state index is 11.7. The van der Waals surface area contributed by atoms with Gasteiger partial charge in [0, 0.05) is 6.07 Å². The third kappa shape index (κ3) is 2.86. The second-order valence-electron chi connectivity index (χ2n) is 3.18. The Kier molecular flexibility index (Phi) is 4.14. The van der Waals surface area contributed by atoms with E-state index in [1.54, 1.807) is 13.0 Å². The summed E-state index contributed by atoms with van der Waals surface area (Å²) < 4.78 is 28.6. The monoisotopic (exact) mass is 245 g/mol. The lowest BCUT2D eigenvalue weighted by atomic mass is 10.3. The molecule has 16 heavy (non-hydrogen) atoms. The van der Waals surface area contributed by atoms with E-state index in [1.807, 2.05) is 0 Å². The molecule has 90 valence electrons. The smallest absolute Gasteiger partial charge is 0.182 e. The first kappa shape index (κ1) is 12.8. The first-order valence-corrected chi connectivity index (χ1v) is 6.52. The van der Waals surface area contributed by atoms with E-state index in [1.165, 1.54) is 12.1 Å². The van der Waals surface area contributed by atoms with Crippen LogP contribution in [0.15, 0.2) is 23.1 Å². The van der Waals surface area contributed by atoms with Crippen LogP contribution in [0.2, 0.25) is 0 Å². The van der Waals surface area contributed by atoms with Crippen LogP contribution in [0.25, 0.3) is 0 Å². The Labute approximate surface area is 94.8 Å². The van der Waals surface area contributed by atoms with E-state index in [-0.39, 0.29) is 16.3 Å². The van der Waals surface area contributed by atoms with Gasteiger partial charge in [0.15, 0.2) is 9.84 Å². The summed E-state index contributed by atoms with van der Waals surface area (Å²) in [5.41, 5.74) is 5.75. The van der Waals surface area contributed by atoms with Gasteiger partial charge in [0.1, 0.15) is 5.75 Å². The summed E-state index contributed by atoms with van der Waals surface area (Å²) in [6.45, 7) is 1.82. The normalized spacial score (nSPS) is 11.4. The van der Waals surface area contributed by atoms with Crippen LogP contribution in [-0.2, 0) is 9.84 Å². The van der Waals surface area contributed by atoms with Gasteiger partial charge >= 0.3 is 0 Å². The quantitative estimate of drug-likeness (QED) is 0.734. The van der Waals surface area contributed by atoms with Crippen LogP contribution in [-0.4, -0.2) is 32.5 Å². The predicted octanol–water partition coefficient (Wildman–Crippen LogP) is 0.433. The molecular formula is C10H15NO4S. The molecule has 0 spiro atoms. The molecule has 1 rings (SSSR count). The minimum absolute atomic E-state index is 0.00694. The summed E-state index contributed by atoms with van der Waals surface area (Å²) >= 11 is 0. The average molecular weight is 245 g/mol. The second kappa shape index (κ2) is 5.18. The van der Waals surface area contributed by atoms with Crippen LogP contribution >= 0.6 is 0 Å². The topological polar surface area (TPSA) is 89.6 Å². The lowest BCUT2D eigenvalue weighted by Gasteiger charge is -2.09. The molecule has 0 saturated heterocycles. The molecule has 0 bridgehead atoms. The van der Waals surface area contributed by atoms with Crippen molar-refractivity contribution in [1.82, 2.24) is 0 Å². The third-order valence-corrected chi connectivity index (χ3v) is 3.73. The number of aliphatic hydroxyl groups excluding tert-OH is 1. The number of hydrogen-bond acceptors (Lipinski definition) is 5. The Morgan fingerprint density at radius 1 is 1.44 bits per heavy atom. The fourth-order valence-electron chi connectivity index (χ4n) is 1.27. The van der Waals surface area contributed by atoms with E-state index in [9.17, 15) is 8.42 Å². The van der Waals surface area contributed by atoms with Crippen molar-refractivity contribution < 1.29 is 18.3 Å². The SMILES string of the molecule is CCOc1ccc(N)c(S(=O)(=O)CCO)c1. The number of hydrogen-bond donors (Lipinski definition) is 2. The minimum atomic E-state index is -3.54. The lowest BCUT2D eigenvalue weighted by Crippen LogP contribution is -2.12. The first-order chi connectivity index (χ1) is 7.51. The Morgan fingerprint density at radius 2 is 2.12 bits per heavy atom. The molecule has 0 amide bonds. The van der Waals surface area contributed by atoms with Crippen LogP contribution in [0.1, 0.15) is 6.92 Å². The molecule has 6 heteroatoms. The average Bonchev–Trinajstić information content (AvgIpc) is 2.21. The minimum Gasteiger partial charge on any atom is -0.494 e. The van der Waals surface area contributed by atoms with E-state index in [0.29, 0.717) is 12.4 Å². The fraction of sp³-hybridized carbons (Fsp3) is 0.400. The van der Waals surface area contributed by atoms with Crippen molar-refractivity contribution in [3.8, 4) is 5.75 Å². The highest BCUT2D eigenvalue weighted by molar-refractivity contribution is 7.91. The predicted molar refractivity (Wildman–Crippen MR) is 61.2 cm³/mol. The number of ether oxygens (including phenoxy) is 1. The van der Waals surface area contributed by atoms with Crippen LogP contribution in [0, 0.1) is 0 Å². The molecule has 0 heterocycles. The molecule has 0 aliphatic rings. The van der Waals surface area contributed by atoms with Crippen LogP contribution in [0.5, 0.6) is 5.75 Å². The molecule has 0 unspecified atom stereocenters. The van der Waals surface area contributed by atoms with Crippen molar-refractivity contribution in [1.29, 1.82) is 0 Å². The summed E-state index contributed by atoms with van der Waals surface area (Å²) in [4.78, 5) is 0.00694. The first-order valence-electron chi connectivity index (χ1n) is 4.87. The number of benzene rings is 1. The van der Waals surface area contributed by atoms with Crippen molar-refractivity contribution in [3.05, 3.63) is 18.2 Å². The summed E-state index contributed by atoms with van der Waals surface area (Å²) in [7, 11) is -3.54. The van der Waals surface area contributed by atoms with Gasteiger partial charge in [0.2, 0.25) is 0 Å². The zero-order valence-electron chi connectivity index (χ0n) is 9.01. The van der Waals surface area contributed by atoms with E-state index >= 15 is 0 Å². The summed E-state index contributed by atoms with van der Waals surface area (Å²) in [5.74, 6) is 0.112. The maximum atomic E-state index is 11.7. The maximum Gasteiger partial charge on any atom is 0.182 e. The van der Waals surface area contributed by atoms with E-state index in [2.05, 4.69) is 0 Å². The fourth-order valence-corrected chi connectivity index (χ4v) is 2.45. The molecule has 0 aromatic heterocycles. The number of nitrogen functional groups attached to an aromatic ring is 1. The van der Waals surface area contributed by atoms with Crippen LogP contribution in [0.4, 0.5) is 5.69 Å². The zero-order valence-corrected chi connectivity index (χ0v) is 9.83. The molecule has 0 fully saturated rings. The van der Waals surface area contributed by atoms with E-state index in [0.717, 1.165) is 0 Å². The number of sulfone groups is 1. The highest BCUT2D eigenvalue weighted by Gasteiger charge is 2.17. The molecule has 0 aliphatic carbocycles. The number of nitrogens with two attached hydrogens (primary N) is 1. The second-order valence-corrected chi connectivity index (χ2v) is 5.25. The molecule has 0 saturated carbocycles. The van der Waals surface area contributed by atoms with E-state index in [4.69, 9.17) is 15.6 Å². The summed E-state index contributed by atoms with van der Waals surface area (Å²) in [5, 5.41) is 8.68. The summed E-state index contributed by atoms with van der Waals surface area (Å²) in [6.07, 6.45) is 0. The number of aliphatic hydroxyl groups is 1. The molecule has 0 atom stereocenters. The molecule has 0 aliphatic heterocycles. The largest absolute Gasteiger partial charge is 0.494 e. The van der Waals surface area contributed by atoms with Crippen molar-refractivity contribution in [2.45, 2.75) is 11.8 Å². The van der Waals surface area contributed by atoms with Crippen molar-refractivity contribution in [2.24, 2.45) is 0 Å². The van der Waals surface area contributed by atoms with Gasteiger partial charge in [-0.25, -0.2) is 8.42 Å². The Bertz CT molecular complexity index is 456. The Hall–Kier alpha value is -1.27. The van der Waals surface area contributed by atoms with Gasteiger partial charge in [-0.3, -0.25) is 0 Å². The van der Waals surface area contributed by atoms with E-state index < -0.39 is 16.4 Å². The van der Waals surface area contributed by atoms with Gasteiger partial charge < -0.3 is 15.6 Å². The highest BCUT2D eigenvalue weighted by atomic mass is 32.2. The number of anilines is 1. The van der Waals surface area contributed by atoms with Crippen molar-refractivity contribution in [2.75, 3.05) is 24.7 Å². The molecule has 1 aromatic rings. The molecular weight excluding hydrogens is 230 g/mol. The third-order valence-electron chi connectivity index (χ3n) is 1.99. The van der Waals surface area contributed by atoms with Gasteiger partial charge in [0.05, 0.1) is 29.5 Å². The van der Waals surface area contributed by atoms with Gasteiger partial charge in [-0.2, -0.15) is 0 Å². The van der Waals surface area contributed by atoms with Crippen LogP contribution < -0.4 is 10.5 Å². The Balaban J connectivity index is 3.16. The van der Waals surface area contributed by atoms with Crippen LogP contribution in [0.3, 0.4) is 0 Å². The molecule has 0 radical (unpaired) electrons. The van der Waals surface area contributed by atoms with Gasteiger partial charge in [-0.15, -0.1) is 0 Å². The van der Waals surface area contributed by atoms with Gasteiger partial charge in [0.25, 0.3) is 0 Å². The van der Waals surface area contributed by atoms with Gasteiger partial charge in [-0.05, 0) is 19.1 Å². The molecule has 1 aromatic carbocycles. The zero-order chi connectivity index (χ0) is 12.2. The standard InChI is InChI=1S/C10H15NO4S/c1-2-15-8-3-4-9(11)10(7-8)16(13,14)6-5-12/h3-4,7,12H,2,5-6,11H2,1H3. The van der Waals surface area contributed by atoms with Crippen molar-refractivity contribution in [3.63, 3.8) is 0 Å². The molecule has 5 nitrogen and oxygen atoms in total. The Morgan fingerprint density at radius 3 is 2.69 bits per heavy atom. The van der Waals surface area contributed by atoms with Crippen molar-refractivity contribution >= 4 is 15.5 Å². The molecule has 3 N–H and O–H groups in total. The summed E-state index contributed by atoms with van der Waals surface area (Å²) in [6, 6.07) is 4.47. The number of rotatable bonds is 5. The van der Waals surface area contributed by atoms with Gasteiger partial charge in [-0.1, -0.05) is 0 Å². The highest BCUT2D eigenvalue weighted by Crippen LogP contribution is 2.25.